The Morgan fingerprint density at radius 1 is 1.25 bits per heavy atom. The van der Waals surface area contributed by atoms with Gasteiger partial charge in [-0.3, -0.25) is 4.79 Å². The Labute approximate surface area is 143 Å². The molecule has 1 aromatic heterocycles. The maximum Gasteiger partial charge on any atom is 0.256 e. The Morgan fingerprint density at radius 2 is 2.00 bits per heavy atom. The Morgan fingerprint density at radius 3 is 2.62 bits per heavy atom. The van der Waals surface area contributed by atoms with Gasteiger partial charge in [-0.15, -0.1) is 0 Å². The van der Waals surface area contributed by atoms with Crippen LogP contribution in [-0.4, -0.2) is 43.4 Å². The van der Waals surface area contributed by atoms with Crippen LogP contribution in [0.15, 0.2) is 12.1 Å². The van der Waals surface area contributed by atoms with E-state index in [0.717, 1.165) is 37.8 Å². The van der Waals surface area contributed by atoms with Gasteiger partial charge < -0.3 is 19.5 Å². The number of aromatic nitrogens is 1. The second-order valence-corrected chi connectivity index (χ2v) is 6.04. The third-order valence-electron chi connectivity index (χ3n) is 4.46. The summed E-state index contributed by atoms with van der Waals surface area (Å²) >= 11 is 0. The third kappa shape index (κ3) is 4.68. The van der Waals surface area contributed by atoms with Crippen LogP contribution in [0.3, 0.4) is 0 Å². The second kappa shape index (κ2) is 8.99. The van der Waals surface area contributed by atoms with Crippen LogP contribution in [0.5, 0.6) is 5.88 Å². The lowest BCUT2D eigenvalue weighted by atomic mass is 9.84. The van der Waals surface area contributed by atoms with Gasteiger partial charge in [0.05, 0.1) is 18.0 Å². The quantitative estimate of drug-likeness (QED) is 0.739. The fourth-order valence-corrected chi connectivity index (χ4v) is 2.98. The molecule has 0 spiro atoms. The van der Waals surface area contributed by atoms with Crippen LogP contribution in [0.1, 0.15) is 44.7 Å². The number of nitrogens with zero attached hydrogens (tertiary/aromatic N) is 1. The van der Waals surface area contributed by atoms with Gasteiger partial charge in [-0.25, -0.2) is 4.98 Å². The fourth-order valence-electron chi connectivity index (χ4n) is 2.98. The number of anilines is 1. The van der Waals surface area contributed by atoms with E-state index in [0.29, 0.717) is 31.4 Å². The molecular formula is C18H28N2O4. The minimum absolute atomic E-state index is 0.0837. The molecule has 6 heteroatoms. The van der Waals surface area contributed by atoms with Gasteiger partial charge in [-0.05, 0) is 32.8 Å². The molecule has 2 rings (SSSR count). The van der Waals surface area contributed by atoms with E-state index in [1.165, 1.54) is 0 Å². The predicted octanol–water partition coefficient (Wildman–Crippen LogP) is 3.09. The normalized spacial score (nSPS) is 16.6. The standard InChI is InChI=1S/C18H28N2O4/c1-4-23-12-13-24-16-9-8-15(14(2)19-16)20-17(21)18(22-3)10-6-5-7-11-18/h8-9H,4-7,10-13H2,1-3H3,(H,20,21). The average Bonchev–Trinajstić information content (AvgIpc) is 2.61. The molecule has 134 valence electrons. The highest BCUT2D eigenvalue weighted by molar-refractivity contribution is 5.97. The highest BCUT2D eigenvalue weighted by Crippen LogP contribution is 2.32. The van der Waals surface area contributed by atoms with Crippen LogP contribution in [0.25, 0.3) is 0 Å². The highest BCUT2D eigenvalue weighted by Gasteiger charge is 2.39. The summed E-state index contributed by atoms with van der Waals surface area (Å²) in [7, 11) is 1.62. The molecule has 0 unspecified atom stereocenters. The lowest BCUT2D eigenvalue weighted by Crippen LogP contribution is -2.46. The topological polar surface area (TPSA) is 69.7 Å². The van der Waals surface area contributed by atoms with Crippen molar-refractivity contribution in [2.45, 2.75) is 51.6 Å². The summed E-state index contributed by atoms with van der Waals surface area (Å²) in [5, 5.41) is 2.97. The van der Waals surface area contributed by atoms with Crippen LogP contribution in [0.2, 0.25) is 0 Å². The van der Waals surface area contributed by atoms with Crippen LogP contribution in [-0.2, 0) is 14.3 Å². The maximum atomic E-state index is 12.7. The van der Waals surface area contributed by atoms with Crippen molar-refractivity contribution in [1.29, 1.82) is 0 Å². The van der Waals surface area contributed by atoms with Crippen LogP contribution in [0, 0.1) is 6.92 Å². The van der Waals surface area contributed by atoms with Crippen molar-refractivity contribution in [3.8, 4) is 5.88 Å². The Balaban J connectivity index is 1.97. The third-order valence-corrected chi connectivity index (χ3v) is 4.46. The number of rotatable bonds is 8. The molecule has 1 aromatic rings. The first-order valence-electron chi connectivity index (χ1n) is 8.66. The summed E-state index contributed by atoms with van der Waals surface area (Å²) < 4.78 is 16.3. The number of aryl methyl sites for hydroxylation is 1. The van der Waals surface area contributed by atoms with E-state index in [1.54, 1.807) is 13.2 Å². The zero-order valence-electron chi connectivity index (χ0n) is 14.9. The SMILES string of the molecule is CCOCCOc1ccc(NC(=O)C2(OC)CCCCC2)c(C)n1. The molecule has 0 aromatic carbocycles. The zero-order chi connectivity index (χ0) is 17.4. The van der Waals surface area contributed by atoms with Crippen LogP contribution < -0.4 is 10.1 Å². The molecule has 1 N–H and O–H groups in total. The average molecular weight is 336 g/mol. The van der Waals surface area contributed by atoms with Gasteiger partial charge in [0.15, 0.2) is 0 Å². The van der Waals surface area contributed by atoms with E-state index in [-0.39, 0.29) is 5.91 Å². The number of carbonyl (C=O) groups is 1. The molecule has 1 amide bonds. The summed E-state index contributed by atoms with van der Waals surface area (Å²) in [4.78, 5) is 17.1. The number of hydrogen-bond acceptors (Lipinski definition) is 5. The van der Waals surface area contributed by atoms with Gasteiger partial charge in [0.2, 0.25) is 5.88 Å². The zero-order valence-corrected chi connectivity index (χ0v) is 14.9. The lowest BCUT2D eigenvalue weighted by Gasteiger charge is -2.34. The summed E-state index contributed by atoms with van der Waals surface area (Å²) in [5.41, 5.74) is 0.704. The molecule has 0 saturated heterocycles. The van der Waals surface area contributed by atoms with E-state index < -0.39 is 5.60 Å². The van der Waals surface area contributed by atoms with Gasteiger partial charge in [-0.2, -0.15) is 0 Å². The van der Waals surface area contributed by atoms with E-state index >= 15 is 0 Å². The summed E-state index contributed by atoms with van der Waals surface area (Å²) in [6, 6.07) is 3.58. The van der Waals surface area contributed by atoms with E-state index in [2.05, 4.69) is 10.3 Å². The number of pyridine rings is 1. The van der Waals surface area contributed by atoms with Gasteiger partial charge in [0.25, 0.3) is 5.91 Å². The first-order valence-corrected chi connectivity index (χ1v) is 8.66. The highest BCUT2D eigenvalue weighted by atomic mass is 16.5. The Bertz CT molecular complexity index is 542. The van der Waals surface area contributed by atoms with Gasteiger partial charge in [-0.1, -0.05) is 19.3 Å². The van der Waals surface area contributed by atoms with E-state index in [1.807, 2.05) is 19.9 Å². The van der Waals surface area contributed by atoms with Gasteiger partial charge in [0.1, 0.15) is 12.2 Å². The number of carbonyl (C=O) groups excluding carboxylic acids is 1. The van der Waals surface area contributed by atoms with Gasteiger partial charge in [0, 0.05) is 19.8 Å². The molecule has 1 aliphatic rings. The van der Waals surface area contributed by atoms with Crippen LogP contribution >= 0.6 is 0 Å². The van der Waals surface area contributed by atoms with Crippen molar-refractivity contribution in [3.63, 3.8) is 0 Å². The molecule has 6 nitrogen and oxygen atoms in total. The number of methoxy groups -OCH3 is 1. The van der Waals surface area contributed by atoms with E-state index in [9.17, 15) is 4.79 Å². The molecule has 0 aliphatic heterocycles. The van der Waals surface area contributed by atoms with Crippen LogP contribution in [0.4, 0.5) is 5.69 Å². The minimum Gasteiger partial charge on any atom is -0.475 e. The minimum atomic E-state index is -0.711. The second-order valence-electron chi connectivity index (χ2n) is 6.04. The molecule has 1 heterocycles. The predicted molar refractivity (Wildman–Crippen MR) is 92.4 cm³/mol. The lowest BCUT2D eigenvalue weighted by molar-refractivity contribution is -0.141. The molecule has 0 radical (unpaired) electrons. The summed E-state index contributed by atoms with van der Waals surface area (Å²) in [6.45, 7) is 5.46. The number of nitrogens with one attached hydrogen (secondary N) is 1. The molecule has 0 bridgehead atoms. The number of ether oxygens (including phenoxy) is 3. The van der Waals surface area contributed by atoms with E-state index in [4.69, 9.17) is 14.2 Å². The first kappa shape index (κ1) is 18.7. The number of hydrogen-bond donors (Lipinski definition) is 1. The van der Waals surface area contributed by atoms with Crippen molar-refractivity contribution in [2.24, 2.45) is 0 Å². The van der Waals surface area contributed by atoms with Crippen molar-refractivity contribution in [1.82, 2.24) is 4.98 Å². The smallest absolute Gasteiger partial charge is 0.256 e. The van der Waals surface area contributed by atoms with Crippen molar-refractivity contribution in [2.75, 3.05) is 32.2 Å². The van der Waals surface area contributed by atoms with Crippen molar-refractivity contribution in [3.05, 3.63) is 17.8 Å². The van der Waals surface area contributed by atoms with Gasteiger partial charge >= 0.3 is 0 Å². The molecule has 0 atom stereocenters. The fraction of sp³-hybridized carbons (Fsp3) is 0.667. The molecule has 24 heavy (non-hydrogen) atoms. The van der Waals surface area contributed by atoms with Crippen molar-refractivity contribution >= 4 is 11.6 Å². The Kier molecular flexibility index (Phi) is 6.99. The van der Waals surface area contributed by atoms with Crippen molar-refractivity contribution < 1.29 is 19.0 Å². The summed E-state index contributed by atoms with van der Waals surface area (Å²) in [5.74, 6) is 0.448. The largest absolute Gasteiger partial charge is 0.475 e. The monoisotopic (exact) mass is 336 g/mol. The summed E-state index contributed by atoms with van der Waals surface area (Å²) in [6.07, 6.45) is 4.73. The first-order chi connectivity index (χ1) is 11.6. The molecule has 1 fully saturated rings. The molecule has 1 saturated carbocycles. The molecular weight excluding hydrogens is 308 g/mol. The maximum absolute atomic E-state index is 12.7. The molecule has 1 aliphatic carbocycles. The Hall–Kier alpha value is -1.66. The number of amides is 1.